The van der Waals surface area contributed by atoms with Gasteiger partial charge in [0, 0.05) is 64.3 Å². The van der Waals surface area contributed by atoms with Crippen molar-refractivity contribution in [2.24, 2.45) is 0 Å². The fourth-order valence-electron chi connectivity index (χ4n) is 2.07. The van der Waals surface area contributed by atoms with Crippen molar-refractivity contribution in [1.82, 2.24) is 20.2 Å². The molecular formula is C12H22ClN5. The molecular weight excluding hydrogens is 250 g/mol. The first-order valence-corrected chi connectivity index (χ1v) is 6.09. The summed E-state index contributed by atoms with van der Waals surface area (Å²) in [6.45, 7) is 6.42. The highest BCUT2D eigenvalue weighted by molar-refractivity contribution is 5.85. The third-order valence-electron chi connectivity index (χ3n) is 2.95. The number of halogens is 1. The molecule has 102 valence electrons. The molecule has 0 aromatic carbocycles. The molecule has 1 aliphatic heterocycles. The average molecular weight is 272 g/mol. The Morgan fingerprint density at radius 2 is 2.06 bits per heavy atom. The quantitative estimate of drug-likeness (QED) is 0.879. The molecule has 0 aliphatic carbocycles. The monoisotopic (exact) mass is 271 g/mol. The molecule has 1 fully saturated rings. The molecule has 6 heteroatoms. The van der Waals surface area contributed by atoms with Gasteiger partial charge in [-0.3, -0.25) is 4.90 Å². The van der Waals surface area contributed by atoms with Crippen LogP contribution in [0.2, 0.25) is 0 Å². The first-order chi connectivity index (χ1) is 8.15. The number of rotatable bonds is 3. The zero-order valence-electron chi connectivity index (χ0n) is 11.3. The molecule has 2 rings (SSSR count). The van der Waals surface area contributed by atoms with Crippen molar-refractivity contribution in [3.63, 3.8) is 0 Å². The summed E-state index contributed by atoms with van der Waals surface area (Å²) in [7, 11) is 3.90. The van der Waals surface area contributed by atoms with Gasteiger partial charge in [-0.05, 0) is 6.92 Å². The van der Waals surface area contributed by atoms with Gasteiger partial charge in [0.2, 0.25) is 5.95 Å². The van der Waals surface area contributed by atoms with E-state index in [9.17, 15) is 0 Å². The first kappa shape index (κ1) is 15.1. The van der Waals surface area contributed by atoms with Crippen LogP contribution in [0.4, 0.5) is 5.95 Å². The van der Waals surface area contributed by atoms with Crippen LogP contribution < -0.4 is 10.2 Å². The van der Waals surface area contributed by atoms with Crippen LogP contribution in [0.5, 0.6) is 0 Å². The smallest absolute Gasteiger partial charge is 0.224 e. The van der Waals surface area contributed by atoms with E-state index in [0.717, 1.165) is 32.1 Å². The molecule has 0 radical (unpaired) electrons. The largest absolute Gasteiger partial charge is 0.347 e. The highest BCUT2D eigenvalue weighted by Gasteiger charge is 2.15. The van der Waals surface area contributed by atoms with Crippen LogP contribution in [0.15, 0.2) is 12.4 Å². The van der Waals surface area contributed by atoms with E-state index in [1.165, 1.54) is 5.56 Å². The molecule has 0 unspecified atom stereocenters. The van der Waals surface area contributed by atoms with Crippen LogP contribution in [-0.4, -0.2) is 54.6 Å². The summed E-state index contributed by atoms with van der Waals surface area (Å²) >= 11 is 0. The maximum atomic E-state index is 4.34. The van der Waals surface area contributed by atoms with Gasteiger partial charge in [0.05, 0.1) is 0 Å². The Bertz CT molecular complexity index is 354. The fraction of sp³-hybridized carbons (Fsp3) is 0.667. The molecule has 1 atom stereocenters. The van der Waals surface area contributed by atoms with Crippen molar-refractivity contribution in [2.45, 2.75) is 19.5 Å². The van der Waals surface area contributed by atoms with Gasteiger partial charge in [0.25, 0.3) is 0 Å². The maximum absolute atomic E-state index is 4.34. The van der Waals surface area contributed by atoms with Gasteiger partial charge in [-0.1, -0.05) is 0 Å². The lowest BCUT2D eigenvalue weighted by atomic mass is 10.2. The molecule has 0 spiro atoms. The molecule has 5 nitrogen and oxygen atoms in total. The summed E-state index contributed by atoms with van der Waals surface area (Å²) in [6, 6.07) is 0.575. The first-order valence-electron chi connectivity index (χ1n) is 6.09. The molecule has 1 saturated heterocycles. The minimum absolute atomic E-state index is 0. The molecule has 0 bridgehead atoms. The number of hydrogen-bond donors (Lipinski definition) is 1. The Morgan fingerprint density at radius 1 is 1.39 bits per heavy atom. The summed E-state index contributed by atoms with van der Waals surface area (Å²) in [5.41, 5.74) is 1.18. The summed E-state index contributed by atoms with van der Waals surface area (Å²) in [5.74, 6) is 0.766. The third kappa shape index (κ3) is 4.08. The summed E-state index contributed by atoms with van der Waals surface area (Å²) in [6.07, 6.45) is 3.85. The van der Waals surface area contributed by atoms with Crippen LogP contribution in [0, 0.1) is 0 Å². The van der Waals surface area contributed by atoms with E-state index in [1.54, 1.807) is 0 Å². The lowest BCUT2D eigenvalue weighted by Gasteiger charge is -2.31. The summed E-state index contributed by atoms with van der Waals surface area (Å²) in [4.78, 5) is 13.0. The molecule has 0 saturated carbocycles. The van der Waals surface area contributed by atoms with Crippen molar-refractivity contribution in [3.8, 4) is 0 Å². The Hall–Kier alpha value is -0.910. The van der Waals surface area contributed by atoms with Gasteiger partial charge >= 0.3 is 0 Å². The molecule has 1 N–H and O–H groups in total. The zero-order chi connectivity index (χ0) is 12.3. The van der Waals surface area contributed by atoms with E-state index in [0.29, 0.717) is 6.04 Å². The van der Waals surface area contributed by atoms with Crippen molar-refractivity contribution >= 4 is 18.4 Å². The van der Waals surface area contributed by atoms with Gasteiger partial charge in [0.15, 0.2) is 0 Å². The van der Waals surface area contributed by atoms with E-state index in [-0.39, 0.29) is 12.4 Å². The average Bonchev–Trinajstić information content (AvgIpc) is 2.29. The van der Waals surface area contributed by atoms with Crippen LogP contribution in [0.1, 0.15) is 12.5 Å². The highest BCUT2D eigenvalue weighted by atomic mass is 35.5. The van der Waals surface area contributed by atoms with Gasteiger partial charge in [-0.15, -0.1) is 12.4 Å². The highest BCUT2D eigenvalue weighted by Crippen LogP contribution is 2.08. The standard InChI is InChI=1S/C12H21N5.ClH/c1-10-8-17(5-4-13-10)9-11-6-14-12(15-7-11)16(2)3;/h6-7,10,13H,4-5,8-9H2,1-3H3;1H/t10-;/m1./s1. The second-order valence-electron chi connectivity index (χ2n) is 4.88. The van der Waals surface area contributed by atoms with Crippen molar-refractivity contribution in [1.29, 1.82) is 0 Å². The molecule has 0 amide bonds. The van der Waals surface area contributed by atoms with Crippen LogP contribution in [-0.2, 0) is 6.54 Å². The number of hydrogen-bond acceptors (Lipinski definition) is 5. The Labute approximate surface area is 115 Å². The Kier molecular flexibility index (Phi) is 5.78. The lowest BCUT2D eigenvalue weighted by Crippen LogP contribution is -2.48. The van der Waals surface area contributed by atoms with E-state index in [4.69, 9.17) is 0 Å². The SMILES string of the molecule is C[C@@H]1CN(Cc2cnc(N(C)C)nc2)CCN1.Cl. The molecule has 1 aromatic heterocycles. The van der Waals surface area contributed by atoms with Crippen molar-refractivity contribution in [3.05, 3.63) is 18.0 Å². The van der Waals surface area contributed by atoms with E-state index in [2.05, 4.69) is 27.1 Å². The Balaban J connectivity index is 0.00000162. The van der Waals surface area contributed by atoms with Gasteiger partial charge in [-0.25, -0.2) is 9.97 Å². The third-order valence-corrected chi connectivity index (χ3v) is 2.95. The fourth-order valence-corrected chi connectivity index (χ4v) is 2.07. The van der Waals surface area contributed by atoms with Crippen molar-refractivity contribution < 1.29 is 0 Å². The minimum Gasteiger partial charge on any atom is -0.347 e. The summed E-state index contributed by atoms with van der Waals surface area (Å²) in [5, 5.41) is 3.44. The molecule has 1 aliphatic rings. The number of aromatic nitrogens is 2. The second-order valence-corrected chi connectivity index (χ2v) is 4.88. The zero-order valence-corrected chi connectivity index (χ0v) is 12.1. The van der Waals surface area contributed by atoms with E-state index < -0.39 is 0 Å². The number of nitrogens with one attached hydrogen (secondary N) is 1. The molecule has 18 heavy (non-hydrogen) atoms. The van der Waals surface area contributed by atoms with Gasteiger partial charge in [-0.2, -0.15) is 0 Å². The predicted molar refractivity (Wildman–Crippen MR) is 76.3 cm³/mol. The predicted octanol–water partition coefficient (Wildman–Crippen LogP) is 0.758. The topological polar surface area (TPSA) is 44.3 Å². The second kappa shape index (κ2) is 6.87. The minimum atomic E-state index is 0. The summed E-state index contributed by atoms with van der Waals surface area (Å²) < 4.78 is 0. The van der Waals surface area contributed by atoms with Crippen LogP contribution in [0.3, 0.4) is 0 Å². The van der Waals surface area contributed by atoms with E-state index in [1.807, 2.05) is 31.4 Å². The lowest BCUT2D eigenvalue weighted by molar-refractivity contribution is 0.199. The van der Waals surface area contributed by atoms with E-state index >= 15 is 0 Å². The van der Waals surface area contributed by atoms with Crippen LogP contribution in [0.25, 0.3) is 0 Å². The normalized spacial score (nSPS) is 20.3. The van der Waals surface area contributed by atoms with Gasteiger partial charge in [0.1, 0.15) is 0 Å². The molecule has 1 aromatic rings. The number of nitrogens with zero attached hydrogens (tertiary/aromatic N) is 4. The van der Waals surface area contributed by atoms with Crippen LogP contribution >= 0.6 is 12.4 Å². The van der Waals surface area contributed by atoms with Gasteiger partial charge < -0.3 is 10.2 Å². The maximum Gasteiger partial charge on any atom is 0.224 e. The van der Waals surface area contributed by atoms with Crippen molar-refractivity contribution in [2.75, 3.05) is 38.6 Å². The molecule has 2 heterocycles. The number of piperazine rings is 1. The Morgan fingerprint density at radius 3 is 2.61 bits per heavy atom. The number of anilines is 1.